The maximum atomic E-state index is 14.1. The number of benzene rings is 3. The van der Waals surface area contributed by atoms with Crippen LogP contribution >= 0.6 is 39.1 Å². The van der Waals surface area contributed by atoms with Crippen LogP contribution < -0.4 is 20.9 Å². The molecule has 1 saturated heterocycles. The van der Waals surface area contributed by atoms with E-state index in [1.54, 1.807) is 51.1 Å². The molecule has 4 rings (SSSR count). The van der Waals surface area contributed by atoms with E-state index in [0.29, 0.717) is 16.9 Å². The van der Waals surface area contributed by atoms with E-state index in [-0.39, 0.29) is 52.3 Å². The molecule has 1 aliphatic rings. The molecule has 3 aromatic carbocycles. The number of hydrogen-bond donors (Lipinski definition) is 3. The normalized spacial score (nSPS) is 14.4. The van der Waals surface area contributed by atoms with Gasteiger partial charge in [0.15, 0.2) is 0 Å². The summed E-state index contributed by atoms with van der Waals surface area (Å²) in [5.41, 5.74) is 1.02. The van der Waals surface area contributed by atoms with Gasteiger partial charge in [0.2, 0.25) is 5.91 Å². The molecule has 3 aromatic rings. The summed E-state index contributed by atoms with van der Waals surface area (Å²) in [6.45, 7) is 4.96. The van der Waals surface area contributed by atoms with Crippen molar-refractivity contribution in [3.63, 3.8) is 0 Å². The van der Waals surface area contributed by atoms with Crippen molar-refractivity contribution in [3.8, 4) is 0 Å². The largest absolute Gasteiger partial charge is 0.365 e. The van der Waals surface area contributed by atoms with Crippen LogP contribution in [0, 0.1) is 5.41 Å². The van der Waals surface area contributed by atoms with Gasteiger partial charge in [-0.05, 0) is 54.1 Å². The molecule has 0 unspecified atom stereocenters. The average Bonchev–Trinajstić information content (AvgIpc) is 3.28. The molecule has 0 bridgehead atoms. The van der Waals surface area contributed by atoms with E-state index in [0.717, 1.165) is 4.47 Å². The number of alkyl halides is 2. The zero-order chi connectivity index (χ0) is 30.8. The summed E-state index contributed by atoms with van der Waals surface area (Å²) in [5.74, 6) is -4.25. The van der Waals surface area contributed by atoms with E-state index in [9.17, 15) is 23.2 Å². The van der Waals surface area contributed by atoms with Crippen molar-refractivity contribution in [3.05, 3.63) is 85.8 Å². The van der Waals surface area contributed by atoms with Gasteiger partial charge in [0.05, 0.1) is 27.7 Å². The Morgan fingerprint density at radius 1 is 0.952 bits per heavy atom. The van der Waals surface area contributed by atoms with Crippen molar-refractivity contribution in [2.75, 3.05) is 28.6 Å². The van der Waals surface area contributed by atoms with Gasteiger partial charge in [0.25, 0.3) is 17.7 Å². The lowest BCUT2D eigenvalue weighted by molar-refractivity contribution is -0.128. The first-order valence-electron chi connectivity index (χ1n) is 13.0. The van der Waals surface area contributed by atoms with Crippen LogP contribution in [0.4, 0.5) is 25.8 Å². The molecule has 3 N–H and O–H groups in total. The fourth-order valence-electron chi connectivity index (χ4n) is 4.32. The standard InChI is InChI=1S/C30H29BrCl2F2N4O3/c1-29(2,3)28(42)36-15-17-4-10-22(32)24(25(17)33)27(41)38-20-9-11-23(39-13-12-30(34,35)16-39)21(14-20)26(40)37-19-7-5-18(31)6-8-19/h4-11,14H,12-13,15-16H2,1-3H3,(H,36,42)(H,37,40)(H,38,41). The fourth-order valence-corrected chi connectivity index (χ4v) is 5.19. The third-order valence-electron chi connectivity index (χ3n) is 6.63. The van der Waals surface area contributed by atoms with Gasteiger partial charge in [0.1, 0.15) is 0 Å². The molecule has 12 heteroatoms. The topological polar surface area (TPSA) is 90.5 Å². The van der Waals surface area contributed by atoms with Gasteiger partial charge >= 0.3 is 0 Å². The maximum Gasteiger partial charge on any atom is 0.266 e. The minimum atomic E-state index is -2.88. The lowest BCUT2D eigenvalue weighted by atomic mass is 9.95. The molecule has 0 radical (unpaired) electrons. The van der Waals surface area contributed by atoms with E-state index < -0.39 is 29.7 Å². The van der Waals surface area contributed by atoms with Crippen molar-refractivity contribution in [1.82, 2.24) is 5.32 Å². The van der Waals surface area contributed by atoms with Crippen molar-refractivity contribution in [1.29, 1.82) is 0 Å². The van der Waals surface area contributed by atoms with E-state index >= 15 is 0 Å². The second-order valence-electron chi connectivity index (χ2n) is 11.0. The van der Waals surface area contributed by atoms with E-state index in [4.69, 9.17) is 23.2 Å². The highest BCUT2D eigenvalue weighted by atomic mass is 79.9. The Kier molecular flexibility index (Phi) is 9.49. The average molecular weight is 682 g/mol. The first-order chi connectivity index (χ1) is 19.6. The summed E-state index contributed by atoms with van der Waals surface area (Å²) in [6, 6.07) is 14.5. The zero-order valence-electron chi connectivity index (χ0n) is 23.1. The molecule has 1 heterocycles. The zero-order valence-corrected chi connectivity index (χ0v) is 26.2. The van der Waals surface area contributed by atoms with Crippen LogP contribution in [-0.2, 0) is 11.3 Å². The van der Waals surface area contributed by atoms with Crippen LogP contribution in [0.2, 0.25) is 10.0 Å². The number of amides is 3. The summed E-state index contributed by atoms with van der Waals surface area (Å²) < 4.78 is 28.9. The van der Waals surface area contributed by atoms with Gasteiger partial charge in [0, 0.05) is 46.5 Å². The molecule has 0 aliphatic carbocycles. The molecule has 1 fully saturated rings. The summed E-state index contributed by atoms with van der Waals surface area (Å²) in [6.07, 6.45) is -0.331. The molecule has 0 atom stereocenters. The molecule has 7 nitrogen and oxygen atoms in total. The van der Waals surface area contributed by atoms with Crippen LogP contribution in [0.15, 0.2) is 59.1 Å². The van der Waals surface area contributed by atoms with Gasteiger partial charge < -0.3 is 20.9 Å². The van der Waals surface area contributed by atoms with Crippen LogP contribution in [-0.4, -0.2) is 36.7 Å². The van der Waals surface area contributed by atoms with Crippen LogP contribution in [0.3, 0.4) is 0 Å². The van der Waals surface area contributed by atoms with E-state index in [1.165, 1.54) is 29.2 Å². The Hall–Kier alpha value is -3.21. The minimum absolute atomic E-state index is 0.00929. The molecule has 0 aromatic heterocycles. The van der Waals surface area contributed by atoms with Gasteiger partial charge in [-0.2, -0.15) is 0 Å². The molecule has 0 saturated carbocycles. The smallest absolute Gasteiger partial charge is 0.266 e. The highest BCUT2D eigenvalue weighted by Crippen LogP contribution is 2.35. The lowest BCUT2D eigenvalue weighted by Crippen LogP contribution is -2.34. The molecule has 222 valence electrons. The number of nitrogens with zero attached hydrogens (tertiary/aromatic N) is 1. The van der Waals surface area contributed by atoms with Crippen LogP contribution in [0.1, 0.15) is 53.5 Å². The Bertz CT molecular complexity index is 1530. The summed E-state index contributed by atoms with van der Waals surface area (Å²) >= 11 is 16.2. The fraction of sp³-hybridized carbons (Fsp3) is 0.300. The number of carbonyl (C=O) groups excluding carboxylic acids is 3. The van der Waals surface area contributed by atoms with Crippen molar-refractivity contribution in [2.45, 2.75) is 39.7 Å². The first kappa shape index (κ1) is 31.7. The highest BCUT2D eigenvalue weighted by molar-refractivity contribution is 9.10. The Morgan fingerprint density at radius 2 is 1.60 bits per heavy atom. The highest BCUT2D eigenvalue weighted by Gasteiger charge is 2.39. The molecule has 3 amide bonds. The number of rotatable bonds is 7. The second kappa shape index (κ2) is 12.6. The molecule has 1 aliphatic heterocycles. The number of anilines is 3. The molecule has 0 spiro atoms. The third-order valence-corrected chi connectivity index (χ3v) is 7.91. The lowest BCUT2D eigenvalue weighted by Gasteiger charge is -2.22. The first-order valence-corrected chi connectivity index (χ1v) is 14.6. The third kappa shape index (κ3) is 7.59. The number of nitrogens with one attached hydrogen (secondary N) is 3. The minimum Gasteiger partial charge on any atom is -0.365 e. The van der Waals surface area contributed by atoms with Gasteiger partial charge in [-0.1, -0.05) is 66.0 Å². The number of carbonyl (C=O) groups is 3. The number of hydrogen-bond acceptors (Lipinski definition) is 4. The Morgan fingerprint density at radius 3 is 2.21 bits per heavy atom. The SMILES string of the molecule is CC(C)(C)C(=O)NCc1ccc(Cl)c(C(=O)Nc2ccc(N3CCC(F)(F)C3)c(C(=O)Nc3ccc(Br)cc3)c2)c1Cl. The van der Waals surface area contributed by atoms with Crippen LogP contribution in [0.25, 0.3) is 0 Å². The molecular formula is C30H29BrCl2F2N4O3. The summed E-state index contributed by atoms with van der Waals surface area (Å²) in [5, 5.41) is 8.44. The van der Waals surface area contributed by atoms with Crippen molar-refractivity contribution in [2.24, 2.45) is 5.41 Å². The Balaban J connectivity index is 1.61. The molecular weight excluding hydrogens is 653 g/mol. The van der Waals surface area contributed by atoms with Crippen molar-refractivity contribution >= 4 is 73.9 Å². The predicted molar refractivity (Wildman–Crippen MR) is 166 cm³/mol. The van der Waals surface area contributed by atoms with Crippen LogP contribution in [0.5, 0.6) is 0 Å². The van der Waals surface area contributed by atoms with Crippen molar-refractivity contribution < 1.29 is 23.2 Å². The monoisotopic (exact) mass is 680 g/mol. The van der Waals surface area contributed by atoms with Gasteiger partial charge in [-0.15, -0.1) is 0 Å². The second-order valence-corrected chi connectivity index (χ2v) is 12.7. The summed E-state index contributed by atoms with van der Waals surface area (Å²) in [4.78, 5) is 40.5. The number of halogens is 5. The van der Waals surface area contributed by atoms with Gasteiger partial charge in [-0.3, -0.25) is 14.4 Å². The molecule has 42 heavy (non-hydrogen) atoms. The quantitative estimate of drug-likeness (QED) is 0.238. The maximum absolute atomic E-state index is 14.1. The summed E-state index contributed by atoms with van der Waals surface area (Å²) in [7, 11) is 0. The van der Waals surface area contributed by atoms with Gasteiger partial charge in [-0.25, -0.2) is 8.78 Å². The predicted octanol–water partition coefficient (Wildman–Crippen LogP) is 7.77. The van der Waals surface area contributed by atoms with E-state index in [1.807, 2.05) is 0 Å². The Labute approximate surface area is 261 Å². The van der Waals surface area contributed by atoms with E-state index in [2.05, 4.69) is 31.9 Å².